The molecule has 268 valence electrons. The number of pyridine rings is 1. The molecular formula is C46H48N4OPd. The van der Waals surface area contributed by atoms with Crippen molar-refractivity contribution in [1.29, 1.82) is 0 Å². The molecule has 3 aromatic heterocycles. The number of benzene rings is 4. The Balaban J connectivity index is 0.00000464. The van der Waals surface area contributed by atoms with E-state index >= 15 is 0 Å². The molecule has 0 bridgehead atoms. The molecular weight excluding hydrogens is 731 g/mol. The molecule has 0 saturated heterocycles. The second kappa shape index (κ2) is 13.8. The molecule has 0 atom stereocenters. The molecule has 6 heteroatoms. The molecule has 0 amide bonds. The van der Waals surface area contributed by atoms with E-state index in [1.807, 2.05) is 23.0 Å². The number of fused-ring (bicyclic) bond motifs is 3. The second-order valence-corrected chi connectivity index (χ2v) is 16.3. The molecule has 0 unspecified atom stereocenters. The molecule has 0 aliphatic carbocycles. The fraction of sp³-hybridized carbons (Fsp3) is 0.304. The normalized spacial score (nSPS) is 12.2. The van der Waals surface area contributed by atoms with Gasteiger partial charge in [-0.3, -0.25) is 4.68 Å². The van der Waals surface area contributed by atoms with E-state index in [4.69, 9.17) is 14.8 Å². The van der Waals surface area contributed by atoms with E-state index < -0.39 is 0 Å². The van der Waals surface area contributed by atoms with Gasteiger partial charge in [-0.15, -0.1) is 35.7 Å². The fourth-order valence-corrected chi connectivity index (χ4v) is 6.97. The molecule has 3 heterocycles. The maximum atomic E-state index is 6.56. The summed E-state index contributed by atoms with van der Waals surface area (Å²) >= 11 is 0. The van der Waals surface area contributed by atoms with Crippen LogP contribution in [0.25, 0.3) is 44.4 Å². The molecule has 7 aromatic rings. The van der Waals surface area contributed by atoms with Gasteiger partial charge < -0.3 is 9.30 Å². The number of rotatable bonds is 6. The second-order valence-electron chi connectivity index (χ2n) is 16.3. The Morgan fingerprint density at radius 1 is 0.731 bits per heavy atom. The molecule has 52 heavy (non-hydrogen) atoms. The summed E-state index contributed by atoms with van der Waals surface area (Å²) in [6.07, 6.45) is 1.89. The first-order valence-corrected chi connectivity index (χ1v) is 17.9. The Morgan fingerprint density at radius 2 is 1.42 bits per heavy atom. The quantitative estimate of drug-likeness (QED) is 0.125. The smallest absolute Gasteiger partial charge is 0.509 e. The molecule has 0 saturated carbocycles. The Kier molecular flexibility index (Phi) is 9.90. The van der Waals surface area contributed by atoms with Crippen LogP contribution < -0.4 is 4.74 Å². The van der Waals surface area contributed by atoms with Crippen LogP contribution in [0.15, 0.2) is 85.1 Å². The number of hydrogen-bond donors (Lipinski definition) is 0. The predicted octanol–water partition coefficient (Wildman–Crippen LogP) is 12.1. The van der Waals surface area contributed by atoms with Crippen LogP contribution in [0.4, 0.5) is 0 Å². The van der Waals surface area contributed by atoms with Crippen molar-refractivity contribution in [2.75, 3.05) is 0 Å². The minimum atomic E-state index is 0. The van der Waals surface area contributed by atoms with E-state index in [1.54, 1.807) is 0 Å². The Morgan fingerprint density at radius 3 is 2.10 bits per heavy atom. The van der Waals surface area contributed by atoms with E-state index in [2.05, 4.69) is 160 Å². The Hall–Kier alpha value is -4.50. The van der Waals surface area contributed by atoms with Gasteiger partial charge in [0.25, 0.3) is 0 Å². The molecule has 0 aliphatic heterocycles. The van der Waals surface area contributed by atoms with E-state index in [9.17, 15) is 0 Å². The first kappa shape index (κ1) is 37.3. The van der Waals surface area contributed by atoms with Gasteiger partial charge in [0.15, 0.2) is 0 Å². The van der Waals surface area contributed by atoms with Crippen molar-refractivity contribution in [3.63, 3.8) is 0 Å². The SMILES string of the molecule is Cc1cc(Oc2[c-]c3c(cc2)c2ccccc2n3-c2cc(C(C)C)ccn2)[c-]c(-n2nc(C)c(-c3cc(C(C)(C)C)cc(C(C)(C)C)c3)c2C)c1.[Pd+2]. The minimum Gasteiger partial charge on any atom is -0.509 e. The summed E-state index contributed by atoms with van der Waals surface area (Å²) in [5.74, 6) is 2.49. The molecule has 0 fully saturated rings. The third kappa shape index (κ3) is 7.00. The van der Waals surface area contributed by atoms with Crippen molar-refractivity contribution in [3.05, 3.63) is 131 Å². The maximum absolute atomic E-state index is 6.56. The molecule has 7 rings (SSSR count). The van der Waals surface area contributed by atoms with Crippen LogP contribution in [0.5, 0.6) is 11.5 Å². The average molecular weight is 779 g/mol. The van der Waals surface area contributed by atoms with E-state index in [1.165, 1.54) is 22.3 Å². The monoisotopic (exact) mass is 778 g/mol. The summed E-state index contributed by atoms with van der Waals surface area (Å²) in [6, 6.07) is 35.1. The molecule has 5 nitrogen and oxygen atoms in total. The van der Waals surface area contributed by atoms with Gasteiger partial charge in [0.2, 0.25) is 0 Å². The van der Waals surface area contributed by atoms with Gasteiger partial charge in [0.05, 0.1) is 5.69 Å². The fourth-order valence-electron chi connectivity index (χ4n) is 6.97. The predicted molar refractivity (Wildman–Crippen MR) is 211 cm³/mol. The van der Waals surface area contributed by atoms with E-state index in [0.717, 1.165) is 55.8 Å². The van der Waals surface area contributed by atoms with Gasteiger partial charge in [-0.25, -0.2) is 4.98 Å². The minimum absolute atomic E-state index is 0. The largest absolute Gasteiger partial charge is 2.00 e. The van der Waals surface area contributed by atoms with Crippen LogP contribution >= 0.6 is 0 Å². The maximum Gasteiger partial charge on any atom is 2.00 e. The number of aromatic nitrogens is 4. The van der Waals surface area contributed by atoms with Gasteiger partial charge in [-0.2, -0.15) is 16.7 Å². The number of ether oxygens (including phenoxy) is 1. The summed E-state index contributed by atoms with van der Waals surface area (Å²) in [4.78, 5) is 4.79. The summed E-state index contributed by atoms with van der Waals surface area (Å²) < 4.78 is 10.7. The average Bonchev–Trinajstić information content (AvgIpc) is 3.56. The topological polar surface area (TPSA) is 44.9 Å². The summed E-state index contributed by atoms with van der Waals surface area (Å²) in [5.41, 5.74) is 12.2. The van der Waals surface area contributed by atoms with Crippen molar-refractivity contribution in [1.82, 2.24) is 19.3 Å². The Labute approximate surface area is 322 Å². The van der Waals surface area contributed by atoms with Gasteiger partial charge in [-0.1, -0.05) is 104 Å². The van der Waals surface area contributed by atoms with E-state index in [0.29, 0.717) is 17.4 Å². The zero-order chi connectivity index (χ0) is 36.4. The van der Waals surface area contributed by atoms with Crippen molar-refractivity contribution >= 4 is 21.8 Å². The van der Waals surface area contributed by atoms with Crippen molar-refractivity contribution in [2.24, 2.45) is 0 Å². The van der Waals surface area contributed by atoms with Crippen LogP contribution in [0.2, 0.25) is 0 Å². The molecule has 0 N–H and O–H groups in total. The van der Waals surface area contributed by atoms with Crippen LogP contribution in [0.3, 0.4) is 0 Å². The van der Waals surface area contributed by atoms with Crippen molar-refractivity contribution in [3.8, 4) is 34.1 Å². The molecule has 0 spiro atoms. The molecule has 0 aliphatic rings. The van der Waals surface area contributed by atoms with Gasteiger partial charge >= 0.3 is 20.4 Å². The third-order valence-corrected chi connectivity index (χ3v) is 9.89. The van der Waals surface area contributed by atoms with E-state index in [-0.39, 0.29) is 31.3 Å². The van der Waals surface area contributed by atoms with Crippen LogP contribution in [-0.2, 0) is 31.3 Å². The third-order valence-electron chi connectivity index (χ3n) is 9.89. The molecule has 4 aromatic carbocycles. The van der Waals surface area contributed by atoms with Crippen LogP contribution in [0, 0.1) is 32.9 Å². The summed E-state index contributed by atoms with van der Waals surface area (Å²) in [6.45, 7) is 24.4. The summed E-state index contributed by atoms with van der Waals surface area (Å²) in [5, 5.41) is 7.32. The first-order valence-electron chi connectivity index (χ1n) is 17.9. The zero-order valence-corrected chi connectivity index (χ0v) is 33.7. The zero-order valence-electron chi connectivity index (χ0n) is 32.2. The van der Waals surface area contributed by atoms with Crippen molar-refractivity contribution < 1.29 is 25.2 Å². The molecule has 0 radical (unpaired) electrons. The Bertz CT molecular complexity index is 2400. The number of aryl methyl sites for hydroxylation is 2. The van der Waals surface area contributed by atoms with Crippen LogP contribution in [0.1, 0.15) is 94.9 Å². The van der Waals surface area contributed by atoms with Crippen LogP contribution in [-0.4, -0.2) is 19.3 Å². The number of hydrogen-bond acceptors (Lipinski definition) is 3. The van der Waals surface area contributed by atoms with Gasteiger partial charge in [0, 0.05) is 34.5 Å². The number of para-hydroxylation sites is 1. The van der Waals surface area contributed by atoms with Crippen molar-refractivity contribution in [2.45, 2.75) is 92.9 Å². The first-order chi connectivity index (χ1) is 24.1. The summed E-state index contributed by atoms with van der Waals surface area (Å²) in [7, 11) is 0. The standard InChI is InChI=1S/C46H48N4O.Pd/c1-28(2)32-18-19-47-43(24-32)49-41-15-13-12-14-39(41)40-17-16-37(27-42(40)49)51-38-21-29(3)20-36(26-38)50-31(5)44(30(4)48-50)33-22-34(45(6,7)8)25-35(23-33)46(9,10)11;/h12-25,28H,1-11H3;/q-2;+2. The van der Waals surface area contributed by atoms with Gasteiger partial charge in [0.1, 0.15) is 5.82 Å². The van der Waals surface area contributed by atoms with Gasteiger partial charge in [-0.05, 0) is 82.1 Å². The number of nitrogens with zero attached hydrogens (tertiary/aromatic N) is 4.